The van der Waals surface area contributed by atoms with E-state index >= 15 is 0 Å². The molecule has 22 heavy (non-hydrogen) atoms. The van der Waals surface area contributed by atoms with Crippen molar-refractivity contribution in [1.82, 2.24) is 10.5 Å². The van der Waals surface area contributed by atoms with Crippen LogP contribution >= 0.6 is 0 Å². The molecule has 0 saturated heterocycles. The van der Waals surface area contributed by atoms with Gasteiger partial charge in [0.25, 0.3) is 5.91 Å². The maximum absolute atomic E-state index is 11.6. The Labute approximate surface area is 127 Å². The maximum atomic E-state index is 11.6. The molecule has 112 valence electrons. The van der Waals surface area contributed by atoms with Crippen molar-refractivity contribution in [2.45, 2.75) is 13.3 Å². The zero-order chi connectivity index (χ0) is 15.7. The van der Waals surface area contributed by atoms with E-state index in [9.17, 15) is 4.79 Å². The third-order valence-corrected chi connectivity index (χ3v) is 3.84. The number of carbonyl (C=O) groups excluding carboxylic acids is 1. The van der Waals surface area contributed by atoms with Gasteiger partial charge in [-0.25, -0.2) is 5.48 Å². The number of nitrogens with one attached hydrogen (secondary N) is 2. The molecular weight excluding hydrogens is 278 g/mol. The lowest BCUT2D eigenvalue weighted by Gasteiger charge is -2.04. The number of aryl methyl sites for hydroxylation is 1. The Kier molecular flexibility index (Phi) is 3.56. The van der Waals surface area contributed by atoms with E-state index in [1.165, 1.54) is 0 Å². The van der Waals surface area contributed by atoms with Gasteiger partial charge in [-0.1, -0.05) is 12.1 Å². The van der Waals surface area contributed by atoms with Gasteiger partial charge in [0.1, 0.15) is 0 Å². The molecule has 0 spiro atoms. The number of rotatable bonds is 3. The number of nitrogen functional groups attached to an aromatic ring is 1. The minimum atomic E-state index is -0.515. The van der Waals surface area contributed by atoms with Crippen molar-refractivity contribution in [3.8, 4) is 0 Å². The fourth-order valence-electron chi connectivity index (χ4n) is 2.66. The third-order valence-electron chi connectivity index (χ3n) is 3.84. The summed E-state index contributed by atoms with van der Waals surface area (Å²) in [5.74, 6) is -0.515. The van der Waals surface area contributed by atoms with Gasteiger partial charge in [-0.05, 0) is 54.8 Å². The van der Waals surface area contributed by atoms with Gasteiger partial charge in [-0.15, -0.1) is 0 Å². The molecule has 0 aliphatic heterocycles. The monoisotopic (exact) mass is 295 g/mol. The third kappa shape index (κ3) is 2.54. The molecule has 0 unspecified atom stereocenters. The number of hydrogen-bond acceptors (Lipinski definition) is 3. The second kappa shape index (κ2) is 5.54. The number of anilines is 1. The molecule has 0 aliphatic carbocycles. The zero-order valence-electron chi connectivity index (χ0n) is 12.2. The first-order valence-corrected chi connectivity index (χ1v) is 6.98. The summed E-state index contributed by atoms with van der Waals surface area (Å²) < 4.78 is 0. The van der Waals surface area contributed by atoms with Gasteiger partial charge in [-0.3, -0.25) is 10.0 Å². The molecule has 1 amide bonds. The molecule has 5 nitrogen and oxygen atoms in total. The topological polar surface area (TPSA) is 91.1 Å². The first-order chi connectivity index (χ1) is 10.6. The Morgan fingerprint density at radius 1 is 1.23 bits per heavy atom. The second-order valence-electron chi connectivity index (χ2n) is 5.35. The highest BCUT2D eigenvalue weighted by molar-refractivity contribution is 5.98. The van der Waals surface area contributed by atoms with Crippen molar-refractivity contribution < 1.29 is 10.0 Å². The van der Waals surface area contributed by atoms with E-state index in [-0.39, 0.29) is 0 Å². The normalized spacial score (nSPS) is 10.8. The first-order valence-electron chi connectivity index (χ1n) is 6.98. The van der Waals surface area contributed by atoms with Gasteiger partial charge in [-0.2, -0.15) is 0 Å². The summed E-state index contributed by atoms with van der Waals surface area (Å²) in [6.07, 6.45) is 0.746. The molecule has 0 bridgehead atoms. The minimum absolute atomic E-state index is 0.424. The first kappa shape index (κ1) is 14.2. The van der Waals surface area contributed by atoms with E-state index in [1.807, 2.05) is 37.3 Å². The largest absolute Gasteiger partial charge is 0.399 e. The lowest BCUT2D eigenvalue weighted by atomic mass is 10.0. The predicted molar refractivity (Wildman–Crippen MR) is 85.9 cm³/mol. The van der Waals surface area contributed by atoms with Crippen LogP contribution in [0.1, 0.15) is 27.2 Å². The van der Waals surface area contributed by atoms with Crippen molar-refractivity contribution in [2.24, 2.45) is 0 Å². The van der Waals surface area contributed by atoms with Crippen molar-refractivity contribution in [3.63, 3.8) is 0 Å². The second-order valence-corrected chi connectivity index (χ2v) is 5.35. The van der Waals surface area contributed by atoms with Crippen LogP contribution in [0.3, 0.4) is 0 Å². The highest BCUT2D eigenvalue weighted by Crippen LogP contribution is 2.26. The van der Waals surface area contributed by atoms with E-state index < -0.39 is 5.91 Å². The summed E-state index contributed by atoms with van der Waals surface area (Å²) in [4.78, 5) is 14.9. The van der Waals surface area contributed by atoms with Crippen LogP contribution in [0.25, 0.3) is 10.9 Å². The van der Waals surface area contributed by atoms with Crippen LogP contribution in [0.2, 0.25) is 0 Å². The lowest BCUT2D eigenvalue weighted by Crippen LogP contribution is -2.18. The van der Waals surface area contributed by atoms with Gasteiger partial charge in [0, 0.05) is 27.8 Å². The summed E-state index contributed by atoms with van der Waals surface area (Å²) in [6.45, 7) is 2.01. The number of carbonyl (C=O) groups is 1. The molecule has 0 fully saturated rings. The van der Waals surface area contributed by atoms with E-state index in [0.717, 1.165) is 39.8 Å². The number of H-pyrrole nitrogens is 1. The van der Waals surface area contributed by atoms with E-state index in [1.54, 1.807) is 17.6 Å². The number of hydrogen-bond donors (Lipinski definition) is 4. The van der Waals surface area contributed by atoms with Gasteiger partial charge in [0.2, 0.25) is 0 Å². The number of aromatic amines is 1. The SMILES string of the molecule is Cc1[nH]c2ccc(C(=O)NO)cc2c1Cc1ccc(N)cc1. The van der Waals surface area contributed by atoms with E-state index in [0.29, 0.717) is 5.56 Å². The molecule has 3 aromatic rings. The molecular formula is C17H17N3O2. The zero-order valence-corrected chi connectivity index (χ0v) is 12.2. The van der Waals surface area contributed by atoms with Crippen LogP contribution in [-0.2, 0) is 6.42 Å². The van der Waals surface area contributed by atoms with Crippen molar-refractivity contribution in [1.29, 1.82) is 0 Å². The Hall–Kier alpha value is -2.79. The number of aromatic nitrogens is 1. The molecule has 5 heteroatoms. The van der Waals surface area contributed by atoms with E-state index in [2.05, 4.69) is 4.98 Å². The highest BCUT2D eigenvalue weighted by Gasteiger charge is 2.12. The Balaban J connectivity index is 2.05. The van der Waals surface area contributed by atoms with Crippen LogP contribution in [0.5, 0.6) is 0 Å². The molecule has 1 aromatic heterocycles. The minimum Gasteiger partial charge on any atom is -0.399 e. The van der Waals surface area contributed by atoms with Crippen LogP contribution in [0.15, 0.2) is 42.5 Å². The fourth-order valence-corrected chi connectivity index (χ4v) is 2.66. The predicted octanol–water partition coefficient (Wildman–Crippen LogP) is 2.77. The van der Waals surface area contributed by atoms with Crippen LogP contribution in [-0.4, -0.2) is 16.1 Å². The number of amides is 1. The summed E-state index contributed by atoms with van der Waals surface area (Å²) in [6, 6.07) is 13.1. The molecule has 1 heterocycles. The number of fused-ring (bicyclic) bond motifs is 1. The fraction of sp³-hybridized carbons (Fsp3) is 0.118. The van der Waals surface area contributed by atoms with Crippen LogP contribution in [0, 0.1) is 6.92 Å². The number of benzene rings is 2. The Morgan fingerprint density at radius 3 is 2.64 bits per heavy atom. The molecule has 5 N–H and O–H groups in total. The maximum Gasteiger partial charge on any atom is 0.274 e. The average Bonchev–Trinajstić information content (AvgIpc) is 2.84. The van der Waals surface area contributed by atoms with Crippen molar-refractivity contribution >= 4 is 22.5 Å². The summed E-state index contributed by atoms with van der Waals surface area (Å²) >= 11 is 0. The Morgan fingerprint density at radius 2 is 1.95 bits per heavy atom. The highest BCUT2D eigenvalue weighted by atomic mass is 16.5. The quantitative estimate of drug-likeness (QED) is 0.340. The summed E-state index contributed by atoms with van der Waals surface area (Å²) in [7, 11) is 0. The molecule has 0 radical (unpaired) electrons. The number of nitrogens with two attached hydrogens (primary N) is 1. The van der Waals surface area contributed by atoms with Crippen molar-refractivity contribution in [2.75, 3.05) is 5.73 Å². The lowest BCUT2D eigenvalue weighted by molar-refractivity contribution is 0.0706. The summed E-state index contributed by atoms with van der Waals surface area (Å²) in [5, 5.41) is 9.76. The Bertz CT molecular complexity index is 835. The summed E-state index contributed by atoms with van der Waals surface area (Å²) in [5.41, 5.74) is 12.9. The molecule has 0 atom stereocenters. The average molecular weight is 295 g/mol. The van der Waals surface area contributed by atoms with Crippen LogP contribution in [0.4, 0.5) is 5.69 Å². The van der Waals surface area contributed by atoms with Gasteiger partial charge in [0.15, 0.2) is 0 Å². The molecule has 0 saturated carbocycles. The van der Waals surface area contributed by atoms with Gasteiger partial charge < -0.3 is 10.7 Å². The smallest absolute Gasteiger partial charge is 0.274 e. The van der Waals surface area contributed by atoms with Crippen molar-refractivity contribution in [3.05, 3.63) is 64.8 Å². The van der Waals surface area contributed by atoms with E-state index in [4.69, 9.17) is 10.9 Å². The molecule has 3 rings (SSSR count). The van der Waals surface area contributed by atoms with Gasteiger partial charge >= 0.3 is 0 Å². The van der Waals surface area contributed by atoms with Gasteiger partial charge in [0.05, 0.1) is 0 Å². The molecule has 0 aliphatic rings. The molecule has 2 aromatic carbocycles. The number of hydroxylamine groups is 1. The standard InChI is InChI=1S/C17H17N3O2/c1-10-14(8-11-2-5-13(18)6-3-11)15-9-12(17(21)20-22)4-7-16(15)19-10/h2-7,9,19,22H,8,18H2,1H3,(H,20,21). The van der Waals surface area contributed by atoms with Crippen LogP contribution < -0.4 is 11.2 Å².